The number of para-hydroxylation sites is 1. The van der Waals surface area contributed by atoms with Gasteiger partial charge in [0.1, 0.15) is 5.00 Å². The van der Waals surface area contributed by atoms with Crippen LogP contribution in [0.5, 0.6) is 0 Å². The number of hydrogen-bond donors (Lipinski definition) is 3. The van der Waals surface area contributed by atoms with Gasteiger partial charge in [0.2, 0.25) is 0 Å². The first-order valence-electron chi connectivity index (χ1n) is 12.0. The van der Waals surface area contributed by atoms with Crippen LogP contribution in [-0.4, -0.2) is 58.3 Å². The Hall–Kier alpha value is -3.74. The number of benzene rings is 2. The number of hydrogen-bond acceptors (Lipinski definition) is 7. The highest BCUT2D eigenvalue weighted by Crippen LogP contribution is 2.37. The molecule has 1 aromatic heterocycles. The molecule has 0 saturated heterocycles. The Morgan fingerprint density at radius 3 is 2.34 bits per heavy atom. The Kier molecular flexibility index (Phi) is 8.14. The standard InChI is InChI=1S/C26H29N5O5S2/c1-4-31-15-14-20-21(16-31)37-25(22(20)24(33)29-26(34)27-2)28-23(32)17-10-12-19(13-11-17)38(35,36)30(3)18-8-6-5-7-9-18/h5-13H,4,14-16H2,1-3H3,(H,28,32)(H2,27,29,33,34). The highest BCUT2D eigenvalue weighted by molar-refractivity contribution is 7.92. The Labute approximate surface area is 225 Å². The second kappa shape index (κ2) is 11.3. The second-order valence-electron chi connectivity index (χ2n) is 8.65. The highest BCUT2D eigenvalue weighted by atomic mass is 32.2. The number of carbonyl (C=O) groups is 3. The third kappa shape index (κ3) is 5.57. The van der Waals surface area contributed by atoms with Gasteiger partial charge in [-0.05, 0) is 54.9 Å². The van der Waals surface area contributed by atoms with E-state index in [1.54, 1.807) is 30.3 Å². The summed E-state index contributed by atoms with van der Waals surface area (Å²) in [4.78, 5) is 41.1. The summed E-state index contributed by atoms with van der Waals surface area (Å²) in [5, 5.41) is 7.80. The molecular formula is C26H29N5O5S2. The number of carbonyl (C=O) groups excluding carboxylic acids is 3. The SMILES string of the molecule is CCN1CCc2c(sc(NC(=O)c3ccc(S(=O)(=O)N(C)c4ccccc4)cc3)c2C(=O)NC(=O)NC)C1. The van der Waals surface area contributed by atoms with Crippen molar-refractivity contribution in [3.8, 4) is 0 Å². The second-order valence-corrected chi connectivity index (χ2v) is 11.7. The van der Waals surface area contributed by atoms with Crippen molar-refractivity contribution in [1.29, 1.82) is 0 Å². The van der Waals surface area contributed by atoms with Gasteiger partial charge in [-0.25, -0.2) is 13.2 Å². The van der Waals surface area contributed by atoms with Crippen LogP contribution < -0.4 is 20.3 Å². The van der Waals surface area contributed by atoms with E-state index < -0.39 is 27.9 Å². The largest absolute Gasteiger partial charge is 0.341 e. The number of thiophene rings is 1. The van der Waals surface area contributed by atoms with E-state index in [0.717, 1.165) is 23.5 Å². The Morgan fingerprint density at radius 1 is 1.03 bits per heavy atom. The van der Waals surface area contributed by atoms with Crippen LogP contribution in [0.25, 0.3) is 0 Å². The Morgan fingerprint density at radius 2 is 1.71 bits per heavy atom. The van der Waals surface area contributed by atoms with Gasteiger partial charge in [-0.1, -0.05) is 25.1 Å². The van der Waals surface area contributed by atoms with Crippen LogP contribution in [-0.2, 0) is 23.0 Å². The monoisotopic (exact) mass is 555 g/mol. The summed E-state index contributed by atoms with van der Waals surface area (Å²) < 4.78 is 27.3. The van der Waals surface area contributed by atoms with Gasteiger partial charge in [0, 0.05) is 37.6 Å². The van der Waals surface area contributed by atoms with Crippen LogP contribution in [0.15, 0.2) is 59.5 Å². The minimum atomic E-state index is -3.83. The Balaban J connectivity index is 1.58. The number of urea groups is 1. The fraction of sp³-hybridized carbons (Fsp3) is 0.269. The number of amides is 4. The van der Waals surface area contributed by atoms with Crippen LogP contribution in [0.1, 0.15) is 38.1 Å². The summed E-state index contributed by atoms with van der Waals surface area (Å²) in [5.74, 6) is -1.09. The number of sulfonamides is 1. The number of fused-ring (bicyclic) bond motifs is 1. The lowest BCUT2D eigenvalue weighted by molar-refractivity contribution is 0.0964. The van der Waals surface area contributed by atoms with Gasteiger partial charge in [0.05, 0.1) is 16.1 Å². The van der Waals surface area contributed by atoms with Crippen molar-refractivity contribution in [2.75, 3.05) is 36.8 Å². The highest BCUT2D eigenvalue weighted by Gasteiger charge is 2.29. The zero-order valence-electron chi connectivity index (χ0n) is 21.3. The lowest BCUT2D eigenvalue weighted by Crippen LogP contribution is -2.38. The van der Waals surface area contributed by atoms with E-state index in [2.05, 4.69) is 27.8 Å². The van der Waals surface area contributed by atoms with Crippen molar-refractivity contribution in [2.24, 2.45) is 0 Å². The maximum absolute atomic E-state index is 13.1. The van der Waals surface area contributed by atoms with E-state index in [0.29, 0.717) is 23.7 Å². The van der Waals surface area contributed by atoms with E-state index in [1.165, 1.54) is 54.0 Å². The van der Waals surface area contributed by atoms with Crippen LogP contribution in [0, 0.1) is 0 Å². The number of imide groups is 1. The first kappa shape index (κ1) is 27.3. The summed E-state index contributed by atoms with van der Waals surface area (Å²) in [6.07, 6.45) is 0.619. The number of rotatable bonds is 7. The molecule has 0 atom stereocenters. The minimum Gasteiger partial charge on any atom is -0.341 e. The molecule has 0 spiro atoms. The molecule has 3 N–H and O–H groups in total. The van der Waals surface area contributed by atoms with E-state index in [1.807, 2.05) is 0 Å². The molecule has 2 heterocycles. The van der Waals surface area contributed by atoms with Crippen LogP contribution in [0.3, 0.4) is 0 Å². The van der Waals surface area contributed by atoms with Crippen molar-refractivity contribution < 1.29 is 22.8 Å². The average molecular weight is 556 g/mol. The van der Waals surface area contributed by atoms with Crippen molar-refractivity contribution >= 4 is 49.9 Å². The molecule has 0 saturated carbocycles. The fourth-order valence-electron chi connectivity index (χ4n) is 4.17. The first-order chi connectivity index (χ1) is 18.1. The molecule has 0 aliphatic carbocycles. The third-order valence-electron chi connectivity index (χ3n) is 6.39. The molecule has 0 radical (unpaired) electrons. The lowest BCUT2D eigenvalue weighted by atomic mass is 10.0. The molecule has 10 nitrogen and oxygen atoms in total. The molecule has 2 aromatic carbocycles. The zero-order chi connectivity index (χ0) is 27.4. The van der Waals surface area contributed by atoms with Gasteiger partial charge < -0.3 is 10.6 Å². The van der Waals surface area contributed by atoms with Gasteiger partial charge in [-0.3, -0.25) is 24.1 Å². The summed E-state index contributed by atoms with van der Waals surface area (Å²) in [6.45, 7) is 4.32. The number of nitrogens with zero attached hydrogens (tertiary/aromatic N) is 2. The third-order valence-corrected chi connectivity index (χ3v) is 9.32. The maximum atomic E-state index is 13.1. The topological polar surface area (TPSA) is 128 Å². The van der Waals surface area contributed by atoms with E-state index in [9.17, 15) is 22.8 Å². The Bertz CT molecular complexity index is 1450. The fourth-order valence-corrected chi connectivity index (χ4v) is 6.65. The zero-order valence-corrected chi connectivity index (χ0v) is 22.9. The molecule has 0 fully saturated rings. The molecular weight excluding hydrogens is 526 g/mol. The molecule has 4 amide bonds. The van der Waals surface area contributed by atoms with Crippen molar-refractivity contribution in [1.82, 2.24) is 15.5 Å². The molecule has 0 unspecified atom stereocenters. The molecule has 3 aromatic rings. The van der Waals surface area contributed by atoms with E-state index in [-0.39, 0.29) is 16.0 Å². The first-order valence-corrected chi connectivity index (χ1v) is 14.3. The molecule has 38 heavy (non-hydrogen) atoms. The number of nitrogens with one attached hydrogen (secondary N) is 3. The molecule has 1 aliphatic heterocycles. The van der Waals surface area contributed by atoms with Crippen molar-refractivity contribution in [3.63, 3.8) is 0 Å². The van der Waals surface area contributed by atoms with E-state index in [4.69, 9.17) is 0 Å². The molecule has 200 valence electrons. The average Bonchev–Trinajstić information content (AvgIpc) is 3.29. The lowest BCUT2D eigenvalue weighted by Gasteiger charge is -2.25. The molecule has 12 heteroatoms. The summed E-state index contributed by atoms with van der Waals surface area (Å²) in [5.41, 5.74) is 1.84. The van der Waals surface area contributed by atoms with Crippen molar-refractivity contribution in [2.45, 2.75) is 24.8 Å². The van der Waals surface area contributed by atoms with Gasteiger partial charge in [0.25, 0.3) is 21.8 Å². The van der Waals surface area contributed by atoms with Crippen LogP contribution >= 0.6 is 11.3 Å². The normalized spacial score (nSPS) is 13.3. The molecule has 0 bridgehead atoms. The maximum Gasteiger partial charge on any atom is 0.321 e. The number of likely N-dealkylation sites (N-methyl/N-ethyl adjacent to an activating group) is 1. The van der Waals surface area contributed by atoms with Gasteiger partial charge in [-0.15, -0.1) is 11.3 Å². The quantitative estimate of drug-likeness (QED) is 0.411. The van der Waals surface area contributed by atoms with Crippen LogP contribution in [0.4, 0.5) is 15.5 Å². The van der Waals surface area contributed by atoms with Gasteiger partial charge in [-0.2, -0.15) is 0 Å². The number of anilines is 2. The summed E-state index contributed by atoms with van der Waals surface area (Å²) in [7, 11) is -0.948. The van der Waals surface area contributed by atoms with Crippen molar-refractivity contribution in [3.05, 3.63) is 76.2 Å². The van der Waals surface area contributed by atoms with Crippen LogP contribution in [0.2, 0.25) is 0 Å². The predicted molar refractivity (Wildman–Crippen MR) is 147 cm³/mol. The summed E-state index contributed by atoms with van der Waals surface area (Å²) >= 11 is 1.31. The van der Waals surface area contributed by atoms with E-state index >= 15 is 0 Å². The van der Waals surface area contributed by atoms with Gasteiger partial charge >= 0.3 is 6.03 Å². The predicted octanol–water partition coefficient (Wildman–Crippen LogP) is 3.27. The van der Waals surface area contributed by atoms with Gasteiger partial charge in [0.15, 0.2) is 0 Å². The minimum absolute atomic E-state index is 0.0392. The molecule has 1 aliphatic rings. The molecule has 4 rings (SSSR count). The summed E-state index contributed by atoms with van der Waals surface area (Å²) in [6, 6.07) is 13.7. The smallest absolute Gasteiger partial charge is 0.321 e.